The molecule has 3 rings (SSSR count). The van der Waals surface area contributed by atoms with Crippen LogP contribution in [0.15, 0.2) is 27.8 Å². The molecule has 0 radical (unpaired) electrons. The van der Waals surface area contributed by atoms with Crippen molar-refractivity contribution in [1.82, 2.24) is 20.3 Å². The van der Waals surface area contributed by atoms with E-state index in [1.807, 2.05) is 6.92 Å². The van der Waals surface area contributed by atoms with E-state index in [4.69, 9.17) is 4.52 Å². The van der Waals surface area contributed by atoms with Crippen molar-refractivity contribution in [3.63, 3.8) is 0 Å². The van der Waals surface area contributed by atoms with Gasteiger partial charge >= 0.3 is 0 Å². The lowest BCUT2D eigenvalue weighted by molar-refractivity contribution is 0.0946. The largest absolute Gasteiger partial charge is 0.370 e. The van der Waals surface area contributed by atoms with Crippen molar-refractivity contribution in [2.75, 3.05) is 24.5 Å². The molecule has 2 aromatic heterocycles. The molecule has 1 atom stereocenters. The molecule has 1 amide bonds. The fraction of sp³-hybridized carbons (Fsp3) is 0.500. The highest BCUT2D eigenvalue weighted by atomic mass is 16.5. The van der Waals surface area contributed by atoms with Gasteiger partial charge < -0.3 is 14.7 Å². The Labute approximate surface area is 139 Å². The molecule has 0 saturated carbocycles. The Bertz CT molecular complexity index is 782. The van der Waals surface area contributed by atoms with Gasteiger partial charge in [0.1, 0.15) is 11.3 Å². The van der Waals surface area contributed by atoms with Crippen LogP contribution in [-0.2, 0) is 13.5 Å². The van der Waals surface area contributed by atoms with Gasteiger partial charge in [-0.05, 0) is 12.3 Å². The first-order chi connectivity index (χ1) is 11.6. The van der Waals surface area contributed by atoms with Gasteiger partial charge in [0.05, 0.1) is 18.1 Å². The number of carbonyl (C=O) groups is 1. The molecule has 3 heterocycles. The predicted octanol–water partition coefficient (Wildman–Crippen LogP) is 0.587. The van der Waals surface area contributed by atoms with E-state index in [9.17, 15) is 9.59 Å². The summed E-state index contributed by atoms with van der Waals surface area (Å²) in [7, 11) is 1.63. The van der Waals surface area contributed by atoms with Gasteiger partial charge in [-0.3, -0.25) is 9.59 Å². The summed E-state index contributed by atoms with van der Waals surface area (Å²) in [5.41, 5.74) is 1.21. The van der Waals surface area contributed by atoms with E-state index < -0.39 is 0 Å². The number of anilines is 1. The summed E-state index contributed by atoms with van der Waals surface area (Å²) in [6.45, 7) is 4.15. The molecule has 0 spiro atoms. The van der Waals surface area contributed by atoms with E-state index in [0.717, 1.165) is 25.2 Å². The molecular formula is C16H21N5O3. The van der Waals surface area contributed by atoms with Crippen LogP contribution in [-0.4, -0.2) is 40.5 Å². The highest BCUT2D eigenvalue weighted by Gasteiger charge is 2.24. The SMILES string of the molecule is CCc1oncc1C(=O)NC[C@H]1CCN(c2cnn(C)c(=O)c2)C1. The number of carbonyl (C=O) groups excluding carboxylic acids is 1. The molecule has 0 unspecified atom stereocenters. The number of amides is 1. The van der Waals surface area contributed by atoms with Crippen molar-refractivity contribution in [2.45, 2.75) is 19.8 Å². The summed E-state index contributed by atoms with van der Waals surface area (Å²) in [5.74, 6) is 0.788. The normalized spacial score (nSPS) is 17.2. The topological polar surface area (TPSA) is 93.3 Å². The third kappa shape index (κ3) is 3.32. The Morgan fingerprint density at radius 3 is 3.04 bits per heavy atom. The summed E-state index contributed by atoms with van der Waals surface area (Å²) in [6.07, 6.45) is 4.75. The molecule has 128 valence electrons. The third-order valence-corrected chi connectivity index (χ3v) is 4.37. The molecule has 1 N–H and O–H groups in total. The zero-order valence-corrected chi connectivity index (χ0v) is 13.9. The van der Waals surface area contributed by atoms with E-state index in [0.29, 0.717) is 30.2 Å². The summed E-state index contributed by atoms with van der Waals surface area (Å²) < 4.78 is 6.35. The molecule has 8 nitrogen and oxygen atoms in total. The number of hydrogen-bond donors (Lipinski definition) is 1. The first-order valence-electron chi connectivity index (χ1n) is 8.08. The van der Waals surface area contributed by atoms with Gasteiger partial charge in [0.25, 0.3) is 11.5 Å². The van der Waals surface area contributed by atoms with Crippen molar-refractivity contribution in [3.05, 3.63) is 40.1 Å². The number of aryl methyl sites for hydroxylation is 2. The average molecular weight is 331 g/mol. The number of rotatable bonds is 5. The van der Waals surface area contributed by atoms with Gasteiger partial charge in [-0.25, -0.2) is 4.68 Å². The molecule has 1 aliphatic heterocycles. The standard InChI is InChI=1S/C16H21N5O3/c1-3-14-13(9-19-24-14)16(23)17-7-11-4-5-21(10-11)12-6-15(22)20(2)18-8-12/h6,8-9,11H,3-5,7,10H2,1-2H3,(H,17,23)/t11-/m1/s1. The van der Waals surface area contributed by atoms with Crippen molar-refractivity contribution in [3.8, 4) is 0 Å². The first-order valence-corrected chi connectivity index (χ1v) is 8.08. The molecule has 1 aliphatic rings. The quantitative estimate of drug-likeness (QED) is 0.862. The number of nitrogens with zero attached hydrogens (tertiary/aromatic N) is 4. The number of nitrogens with one attached hydrogen (secondary N) is 1. The van der Waals surface area contributed by atoms with Gasteiger partial charge in [0, 0.05) is 39.2 Å². The Balaban J connectivity index is 1.55. The highest BCUT2D eigenvalue weighted by Crippen LogP contribution is 2.21. The lowest BCUT2D eigenvalue weighted by Crippen LogP contribution is -2.31. The van der Waals surface area contributed by atoms with E-state index in [-0.39, 0.29) is 11.5 Å². The lowest BCUT2D eigenvalue weighted by atomic mass is 10.1. The minimum absolute atomic E-state index is 0.121. The van der Waals surface area contributed by atoms with Crippen molar-refractivity contribution < 1.29 is 9.32 Å². The van der Waals surface area contributed by atoms with Gasteiger partial charge in [0.15, 0.2) is 0 Å². The van der Waals surface area contributed by atoms with Gasteiger partial charge in [-0.1, -0.05) is 12.1 Å². The molecule has 2 aromatic rings. The van der Waals surface area contributed by atoms with E-state index in [1.54, 1.807) is 19.3 Å². The summed E-state index contributed by atoms with van der Waals surface area (Å²) in [6, 6.07) is 1.60. The van der Waals surface area contributed by atoms with Crippen LogP contribution in [0.25, 0.3) is 0 Å². The van der Waals surface area contributed by atoms with Crippen molar-refractivity contribution in [1.29, 1.82) is 0 Å². The second kappa shape index (κ2) is 6.86. The number of hydrogen-bond acceptors (Lipinski definition) is 6. The maximum atomic E-state index is 12.2. The molecule has 1 saturated heterocycles. The zero-order valence-electron chi connectivity index (χ0n) is 13.9. The van der Waals surface area contributed by atoms with Gasteiger partial charge in [-0.2, -0.15) is 5.10 Å². The Morgan fingerprint density at radius 1 is 1.46 bits per heavy atom. The van der Waals surface area contributed by atoms with Crippen molar-refractivity contribution in [2.24, 2.45) is 13.0 Å². The minimum atomic E-state index is -0.151. The molecule has 0 aliphatic carbocycles. The van der Waals surface area contributed by atoms with Crippen LogP contribution in [0.1, 0.15) is 29.5 Å². The monoisotopic (exact) mass is 331 g/mol. The summed E-state index contributed by atoms with van der Waals surface area (Å²) in [4.78, 5) is 26.0. The molecule has 24 heavy (non-hydrogen) atoms. The van der Waals surface area contributed by atoms with Crippen LogP contribution in [0.4, 0.5) is 5.69 Å². The van der Waals surface area contributed by atoms with Gasteiger partial charge in [-0.15, -0.1) is 0 Å². The molecule has 8 heteroatoms. The van der Waals surface area contributed by atoms with E-state index in [2.05, 4.69) is 20.5 Å². The zero-order chi connectivity index (χ0) is 17.1. The smallest absolute Gasteiger partial charge is 0.268 e. The van der Waals surface area contributed by atoms with Crippen molar-refractivity contribution >= 4 is 11.6 Å². The lowest BCUT2D eigenvalue weighted by Gasteiger charge is -2.18. The second-order valence-electron chi connectivity index (χ2n) is 6.00. The first kappa shape index (κ1) is 16.2. The third-order valence-electron chi connectivity index (χ3n) is 4.37. The maximum Gasteiger partial charge on any atom is 0.268 e. The molecule has 1 fully saturated rings. The van der Waals surface area contributed by atoms with Crippen LogP contribution in [0, 0.1) is 5.92 Å². The highest BCUT2D eigenvalue weighted by molar-refractivity contribution is 5.94. The predicted molar refractivity (Wildman–Crippen MR) is 88.0 cm³/mol. The van der Waals surface area contributed by atoms with Gasteiger partial charge in [0.2, 0.25) is 0 Å². The van der Waals surface area contributed by atoms with E-state index >= 15 is 0 Å². The maximum absolute atomic E-state index is 12.2. The van der Waals surface area contributed by atoms with Crippen LogP contribution >= 0.6 is 0 Å². The molecule has 0 aromatic carbocycles. The average Bonchev–Trinajstić information content (AvgIpc) is 3.24. The number of aromatic nitrogens is 3. The summed E-state index contributed by atoms with van der Waals surface area (Å²) >= 11 is 0. The van der Waals surface area contributed by atoms with E-state index in [1.165, 1.54) is 10.9 Å². The second-order valence-corrected chi connectivity index (χ2v) is 6.00. The van der Waals surface area contributed by atoms with Crippen LogP contribution < -0.4 is 15.8 Å². The van der Waals surface area contributed by atoms with Crippen LogP contribution in [0.2, 0.25) is 0 Å². The minimum Gasteiger partial charge on any atom is -0.370 e. The van der Waals surface area contributed by atoms with Crippen LogP contribution in [0.3, 0.4) is 0 Å². The fourth-order valence-electron chi connectivity index (χ4n) is 2.90. The molecular weight excluding hydrogens is 310 g/mol. The molecule has 0 bridgehead atoms. The fourth-order valence-corrected chi connectivity index (χ4v) is 2.90. The Kier molecular flexibility index (Phi) is 4.64. The summed E-state index contributed by atoms with van der Waals surface area (Å²) in [5, 5.41) is 10.7. The van der Waals surface area contributed by atoms with Crippen LogP contribution in [0.5, 0.6) is 0 Å². The Hall–Kier alpha value is -2.64. The Morgan fingerprint density at radius 2 is 2.29 bits per heavy atom.